The molecule has 0 saturated carbocycles. The second kappa shape index (κ2) is 7.12. The van der Waals surface area contributed by atoms with E-state index in [1.165, 1.54) is 11.1 Å². The Bertz CT molecular complexity index is 685. The monoisotopic (exact) mass is 331 g/mol. The molecule has 2 aromatic rings. The van der Waals surface area contributed by atoms with Crippen molar-refractivity contribution in [2.75, 3.05) is 12.3 Å². The summed E-state index contributed by atoms with van der Waals surface area (Å²) >= 11 is 1.57. The standard InChI is InChI=1S/C16H21N5OS/c1-12(2)21-15(17-18-19-21)10-23-11-16(22)20-8-7-13-5-3-4-6-14(13)9-20/h3-6,12H,7-11H2,1-2H3. The van der Waals surface area contributed by atoms with Crippen LogP contribution >= 0.6 is 11.8 Å². The number of aromatic nitrogens is 4. The Balaban J connectivity index is 1.51. The molecule has 0 saturated heterocycles. The molecule has 3 rings (SSSR count). The Labute approximate surface area is 140 Å². The van der Waals surface area contributed by atoms with Gasteiger partial charge in [-0.25, -0.2) is 4.68 Å². The number of amides is 1. The first-order valence-electron chi connectivity index (χ1n) is 7.84. The van der Waals surface area contributed by atoms with Gasteiger partial charge in [0.05, 0.1) is 17.5 Å². The van der Waals surface area contributed by atoms with Crippen LogP contribution in [-0.4, -0.2) is 43.3 Å². The van der Waals surface area contributed by atoms with Crippen LogP contribution in [0.1, 0.15) is 36.8 Å². The number of tetrazole rings is 1. The van der Waals surface area contributed by atoms with Crippen molar-refractivity contribution in [3.8, 4) is 0 Å². The number of carbonyl (C=O) groups is 1. The summed E-state index contributed by atoms with van der Waals surface area (Å²) in [6, 6.07) is 8.59. The van der Waals surface area contributed by atoms with E-state index in [0.29, 0.717) is 11.5 Å². The van der Waals surface area contributed by atoms with E-state index in [0.717, 1.165) is 25.3 Å². The van der Waals surface area contributed by atoms with Gasteiger partial charge in [0, 0.05) is 13.1 Å². The van der Waals surface area contributed by atoms with Gasteiger partial charge in [0.25, 0.3) is 0 Å². The Hall–Kier alpha value is -1.89. The van der Waals surface area contributed by atoms with Gasteiger partial charge in [0.15, 0.2) is 5.82 Å². The molecule has 2 heterocycles. The van der Waals surface area contributed by atoms with Gasteiger partial charge in [-0.15, -0.1) is 16.9 Å². The first-order valence-corrected chi connectivity index (χ1v) is 8.99. The molecule has 0 unspecified atom stereocenters. The van der Waals surface area contributed by atoms with Gasteiger partial charge >= 0.3 is 0 Å². The molecule has 1 aromatic carbocycles. The molecule has 23 heavy (non-hydrogen) atoms. The van der Waals surface area contributed by atoms with Crippen LogP contribution in [0.4, 0.5) is 0 Å². The van der Waals surface area contributed by atoms with Crippen LogP contribution in [0, 0.1) is 0 Å². The number of carbonyl (C=O) groups excluding carboxylic acids is 1. The molecule has 0 N–H and O–H groups in total. The highest BCUT2D eigenvalue weighted by molar-refractivity contribution is 7.99. The number of rotatable bonds is 5. The van der Waals surface area contributed by atoms with E-state index in [-0.39, 0.29) is 11.9 Å². The summed E-state index contributed by atoms with van der Waals surface area (Å²) in [4.78, 5) is 14.3. The van der Waals surface area contributed by atoms with E-state index in [4.69, 9.17) is 0 Å². The summed E-state index contributed by atoms with van der Waals surface area (Å²) in [5.74, 6) is 2.13. The van der Waals surface area contributed by atoms with E-state index in [1.807, 2.05) is 24.8 Å². The zero-order valence-corrected chi connectivity index (χ0v) is 14.3. The third kappa shape index (κ3) is 3.72. The summed E-state index contributed by atoms with van der Waals surface area (Å²) < 4.78 is 1.80. The number of benzene rings is 1. The van der Waals surface area contributed by atoms with Crippen LogP contribution < -0.4 is 0 Å². The van der Waals surface area contributed by atoms with E-state index < -0.39 is 0 Å². The van der Waals surface area contributed by atoms with Crippen molar-refractivity contribution < 1.29 is 4.79 Å². The van der Waals surface area contributed by atoms with Crippen LogP contribution in [0.25, 0.3) is 0 Å². The average Bonchev–Trinajstić information content (AvgIpc) is 3.03. The molecule has 0 spiro atoms. The highest BCUT2D eigenvalue weighted by atomic mass is 32.2. The van der Waals surface area contributed by atoms with Crippen LogP contribution in [0.5, 0.6) is 0 Å². The molecule has 6 nitrogen and oxygen atoms in total. The van der Waals surface area contributed by atoms with Crippen LogP contribution in [0.15, 0.2) is 24.3 Å². The molecule has 1 aliphatic rings. The fourth-order valence-electron chi connectivity index (χ4n) is 2.74. The van der Waals surface area contributed by atoms with Crippen molar-refractivity contribution in [2.24, 2.45) is 0 Å². The summed E-state index contributed by atoms with van der Waals surface area (Å²) in [6.45, 7) is 5.61. The predicted octanol–water partition coefficient (Wildman–Crippen LogP) is 2.07. The quantitative estimate of drug-likeness (QED) is 0.839. The maximum atomic E-state index is 12.4. The van der Waals surface area contributed by atoms with Gasteiger partial charge < -0.3 is 4.90 Å². The molecule has 0 atom stereocenters. The normalized spacial score (nSPS) is 14.1. The highest BCUT2D eigenvalue weighted by Gasteiger charge is 2.20. The zero-order valence-electron chi connectivity index (χ0n) is 13.5. The van der Waals surface area contributed by atoms with E-state index in [2.05, 4.69) is 33.7 Å². The summed E-state index contributed by atoms with van der Waals surface area (Å²) in [5, 5.41) is 11.7. The number of hydrogen-bond acceptors (Lipinski definition) is 5. The molecule has 0 aliphatic carbocycles. The third-order valence-electron chi connectivity index (χ3n) is 3.99. The minimum absolute atomic E-state index is 0.188. The lowest BCUT2D eigenvalue weighted by molar-refractivity contribution is -0.129. The Morgan fingerprint density at radius 3 is 2.87 bits per heavy atom. The fourth-order valence-corrected chi connectivity index (χ4v) is 3.57. The number of hydrogen-bond donors (Lipinski definition) is 0. The second-order valence-electron chi connectivity index (χ2n) is 5.96. The van der Waals surface area contributed by atoms with Gasteiger partial charge in [0.1, 0.15) is 0 Å². The van der Waals surface area contributed by atoms with E-state index in [1.54, 1.807) is 16.4 Å². The summed E-state index contributed by atoms with van der Waals surface area (Å²) in [5.41, 5.74) is 2.63. The average molecular weight is 331 g/mol. The SMILES string of the molecule is CC(C)n1nnnc1CSCC(=O)N1CCc2ccccc2C1. The van der Waals surface area contributed by atoms with Crippen molar-refractivity contribution in [2.45, 2.75) is 38.6 Å². The van der Waals surface area contributed by atoms with Gasteiger partial charge in [-0.2, -0.15) is 0 Å². The molecule has 1 aliphatic heterocycles. The molecule has 0 fully saturated rings. The molecular formula is C16H21N5OS. The number of thioether (sulfide) groups is 1. The van der Waals surface area contributed by atoms with Gasteiger partial charge in [-0.05, 0) is 41.8 Å². The van der Waals surface area contributed by atoms with Crippen LogP contribution in [0.2, 0.25) is 0 Å². The predicted molar refractivity (Wildman–Crippen MR) is 89.9 cm³/mol. The van der Waals surface area contributed by atoms with Crippen molar-refractivity contribution in [3.63, 3.8) is 0 Å². The Morgan fingerprint density at radius 2 is 2.09 bits per heavy atom. The highest BCUT2D eigenvalue weighted by Crippen LogP contribution is 2.20. The Kier molecular flexibility index (Phi) is 4.95. The van der Waals surface area contributed by atoms with E-state index >= 15 is 0 Å². The van der Waals surface area contributed by atoms with Crippen molar-refractivity contribution in [3.05, 3.63) is 41.2 Å². The van der Waals surface area contributed by atoms with Gasteiger partial charge in [-0.1, -0.05) is 24.3 Å². The van der Waals surface area contributed by atoms with Crippen molar-refractivity contribution in [1.82, 2.24) is 25.1 Å². The summed E-state index contributed by atoms with van der Waals surface area (Å²) in [7, 11) is 0. The lowest BCUT2D eigenvalue weighted by Gasteiger charge is -2.28. The maximum absolute atomic E-state index is 12.4. The number of nitrogens with zero attached hydrogens (tertiary/aromatic N) is 5. The molecule has 0 radical (unpaired) electrons. The zero-order chi connectivity index (χ0) is 16.2. The van der Waals surface area contributed by atoms with Crippen LogP contribution in [-0.2, 0) is 23.5 Å². The molecule has 1 amide bonds. The molecule has 0 bridgehead atoms. The lowest BCUT2D eigenvalue weighted by atomic mass is 10.00. The molecule has 7 heteroatoms. The largest absolute Gasteiger partial charge is 0.337 e. The van der Waals surface area contributed by atoms with Gasteiger partial charge in [0.2, 0.25) is 5.91 Å². The first-order chi connectivity index (χ1) is 11.1. The molecule has 1 aromatic heterocycles. The fraction of sp³-hybridized carbons (Fsp3) is 0.500. The summed E-state index contributed by atoms with van der Waals surface area (Å²) in [6.07, 6.45) is 0.943. The lowest BCUT2D eigenvalue weighted by Crippen LogP contribution is -2.37. The van der Waals surface area contributed by atoms with Crippen molar-refractivity contribution in [1.29, 1.82) is 0 Å². The topological polar surface area (TPSA) is 63.9 Å². The van der Waals surface area contributed by atoms with E-state index in [9.17, 15) is 4.79 Å². The first kappa shape index (κ1) is 16.0. The van der Waals surface area contributed by atoms with Crippen LogP contribution in [0.3, 0.4) is 0 Å². The second-order valence-corrected chi connectivity index (χ2v) is 6.95. The minimum Gasteiger partial charge on any atom is -0.337 e. The minimum atomic E-state index is 0.188. The third-order valence-corrected chi connectivity index (χ3v) is 4.90. The Morgan fingerprint density at radius 1 is 1.30 bits per heavy atom. The smallest absolute Gasteiger partial charge is 0.232 e. The molecule has 122 valence electrons. The molecular weight excluding hydrogens is 310 g/mol. The van der Waals surface area contributed by atoms with Crippen molar-refractivity contribution >= 4 is 17.7 Å². The number of fused-ring (bicyclic) bond motifs is 1. The van der Waals surface area contributed by atoms with Gasteiger partial charge in [-0.3, -0.25) is 4.79 Å². The maximum Gasteiger partial charge on any atom is 0.232 e.